The predicted octanol–water partition coefficient (Wildman–Crippen LogP) is -0.884. The number of aliphatic carboxylic acids is 1. The average Bonchev–Trinajstić information content (AvgIpc) is 2.28. The second kappa shape index (κ2) is 5.29. The van der Waals surface area contributed by atoms with Gasteiger partial charge in [0, 0.05) is 32.2 Å². The maximum Gasteiger partial charge on any atom is 0.304 e. The van der Waals surface area contributed by atoms with Crippen molar-refractivity contribution in [2.45, 2.75) is 25.5 Å². The van der Waals surface area contributed by atoms with Gasteiger partial charge in [-0.1, -0.05) is 0 Å². The normalized spacial score (nSPS) is 26.9. The standard InChI is InChI=1S/C9H18N2O3/c1-7(4-9(13)14)11-3-2-10-5-8(12)6-11/h7-8,10,12H,2-6H2,1H3,(H,13,14). The summed E-state index contributed by atoms with van der Waals surface area (Å²) < 4.78 is 0. The Morgan fingerprint density at radius 2 is 2.43 bits per heavy atom. The van der Waals surface area contributed by atoms with E-state index in [1.54, 1.807) is 0 Å². The van der Waals surface area contributed by atoms with E-state index in [1.165, 1.54) is 0 Å². The zero-order chi connectivity index (χ0) is 10.6. The van der Waals surface area contributed by atoms with Crippen LogP contribution in [0.4, 0.5) is 0 Å². The fourth-order valence-corrected chi connectivity index (χ4v) is 1.70. The van der Waals surface area contributed by atoms with Crippen LogP contribution in [0.1, 0.15) is 13.3 Å². The van der Waals surface area contributed by atoms with Crippen LogP contribution in [-0.2, 0) is 4.79 Å². The van der Waals surface area contributed by atoms with Crippen molar-refractivity contribution in [2.75, 3.05) is 26.2 Å². The molecule has 0 bridgehead atoms. The number of carboxylic acids is 1. The van der Waals surface area contributed by atoms with Crippen LogP contribution in [0.2, 0.25) is 0 Å². The van der Waals surface area contributed by atoms with Gasteiger partial charge < -0.3 is 15.5 Å². The molecule has 2 atom stereocenters. The Morgan fingerprint density at radius 1 is 1.71 bits per heavy atom. The number of carbonyl (C=O) groups is 1. The lowest BCUT2D eigenvalue weighted by molar-refractivity contribution is -0.138. The summed E-state index contributed by atoms with van der Waals surface area (Å²) in [7, 11) is 0. The Morgan fingerprint density at radius 3 is 3.07 bits per heavy atom. The van der Waals surface area contributed by atoms with Gasteiger partial charge in [0.2, 0.25) is 0 Å². The van der Waals surface area contributed by atoms with E-state index >= 15 is 0 Å². The molecule has 5 nitrogen and oxygen atoms in total. The summed E-state index contributed by atoms with van der Waals surface area (Å²) in [4.78, 5) is 12.5. The summed E-state index contributed by atoms with van der Waals surface area (Å²) in [6.45, 7) is 4.64. The first-order chi connectivity index (χ1) is 6.59. The molecule has 0 aromatic rings. The quantitative estimate of drug-likeness (QED) is 0.554. The van der Waals surface area contributed by atoms with Gasteiger partial charge in [-0.25, -0.2) is 0 Å². The van der Waals surface area contributed by atoms with Crippen LogP contribution >= 0.6 is 0 Å². The van der Waals surface area contributed by atoms with Crippen molar-refractivity contribution in [3.05, 3.63) is 0 Å². The third kappa shape index (κ3) is 3.61. The van der Waals surface area contributed by atoms with Crippen LogP contribution < -0.4 is 5.32 Å². The van der Waals surface area contributed by atoms with Crippen molar-refractivity contribution in [1.29, 1.82) is 0 Å². The van der Waals surface area contributed by atoms with Crippen LogP contribution in [-0.4, -0.2) is 59.4 Å². The summed E-state index contributed by atoms with van der Waals surface area (Å²) in [5, 5.41) is 21.2. The molecule has 5 heteroatoms. The number of hydrogen-bond acceptors (Lipinski definition) is 4. The molecule has 2 unspecified atom stereocenters. The predicted molar refractivity (Wildman–Crippen MR) is 52.2 cm³/mol. The van der Waals surface area contributed by atoms with Crippen molar-refractivity contribution in [2.24, 2.45) is 0 Å². The fourth-order valence-electron chi connectivity index (χ4n) is 1.70. The smallest absolute Gasteiger partial charge is 0.304 e. The van der Waals surface area contributed by atoms with E-state index in [2.05, 4.69) is 5.32 Å². The number of aliphatic hydroxyl groups excluding tert-OH is 1. The Bertz CT molecular complexity index is 198. The number of β-amino-alcohol motifs (C(OH)–C–C–N with tert-alkyl or cyclic N) is 1. The minimum Gasteiger partial charge on any atom is -0.481 e. The summed E-state index contributed by atoms with van der Waals surface area (Å²) in [6, 6.07) is -0.0120. The first kappa shape index (κ1) is 11.4. The highest BCUT2D eigenvalue weighted by Crippen LogP contribution is 2.06. The molecule has 0 spiro atoms. The second-order valence-electron chi connectivity index (χ2n) is 3.80. The van der Waals surface area contributed by atoms with Gasteiger partial charge in [-0.2, -0.15) is 0 Å². The van der Waals surface area contributed by atoms with Crippen LogP contribution in [0.3, 0.4) is 0 Å². The van der Waals surface area contributed by atoms with Gasteiger partial charge in [0.25, 0.3) is 0 Å². The molecular weight excluding hydrogens is 184 g/mol. The first-order valence-electron chi connectivity index (χ1n) is 4.94. The maximum atomic E-state index is 10.5. The summed E-state index contributed by atoms with van der Waals surface area (Å²) in [5.41, 5.74) is 0. The van der Waals surface area contributed by atoms with Gasteiger partial charge in [-0.15, -0.1) is 0 Å². The van der Waals surface area contributed by atoms with E-state index < -0.39 is 12.1 Å². The molecule has 1 saturated heterocycles. The summed E-state index contributed by atoms with van der Waals surface area (Å²) >= 11 is 0. The number of nitrogens with one attached hydrogen (secondary N) is 1. The molecule has 1 rings (SSSR count). The number of rotatable bonds is 3. The monoisotopic (exact) mass is 202 g/mol. The van der Waals surface area contributed by atoms with Crippen LogP contribution in [0, 0.1) is 0 Å². The summed E-state index contributed by atoms with van der Waals surface area (Å²) in [5.74, 6) is -0.788. The topological polar surface area (TPSA) is 72.8 Å². The molecule has 0 amide bonds. The van der Waals surface area contributed by atoms with E-state index in [0.29, 0.717) is 13.1 Å². The molecule has 1 heterocycles. The van der Waals surface area contributed by atoms with E-state index in [9.17, 15) is 9.90 Å². The fraction of sp³-hybridized carbons (Fsp3) is 0.889. The lowest BCUT2D eigenvalue weighted by Gasteiger charge is -2.27. The lowest BCUT2D eigenvalue weighted by atomic mass is 10.2. The highest BCUT2D eigenvalue weighted by molar-refractivity contribution is 5.67. The van der Waals surface area contributed by atoms with Crippen molar-refractivity contribution >= 4 is 5.97 Å². The Balaban J connectivity index is 2.43. The number of hydrogen-bond donors (Lipinski definition) is 3. The zero-order valence-corrected chi connectivity index (χ0v) is 8.44. The van der Waals surface area contributed by atoms with Crippen molar-refractivity contribution in [1.82, 2.24) is 10.2 Å². The largest absolute Gasteiger partial charge is 0.481 e. The minimum atomic E-state index is -0.788. The van der Waals surface area contributed by atoms with Crippen LogP contribution in [0.15, 0.2) is 0 Å². The molecule has 82 valence electrons. The third-order valence-electron chi connectivity index (χ3n) is 2.49. The molecule has 1 fully saturated rings. The zero-order valence-electron chi connectivity index (χ0n) is 8.44. The molecule has 1 aliphatic heterocycles. The molecule has 0 radical (unpaired) electrons. The SMILES string of the molecule is CC(CC(=O)O)N1CCNCC(O)C1. The number of aliphatic hydroxyl groups is 1. The van der Waals surface area contributed by atoms with Gasteiger partial charge >= 0.3 is 5.97 Å². The molecule has 14 heavy (non-hydrogen) atoms. The Labute approximate surface area is 83.7 Å². The van der Waals surface area contributed by atoms with E-state index in [-0.39, 0.29) is 12.5 Å². The summed E-state index contributed by atoms with van der Waals surface area (Å²) in [6.07, 6.45) is -0.263. The molecule has 1 aliphatic rings. The van der Waals surface area contributed by atoms with E-state index in [1.807, 2.05) is 11.8 Å². The molecule has 0 aliphatic carbocycles. The van der Waals surface area contributed by atoms with Crippen LogP contribution in [0.25, 0.3) is 0 Å². The highest BCUT2D eigenvalue weighted by Gasteiger charge is 2.21. The molecular formula is C9H18N2O3. The first-order valence-corrected chi connectivity index (χ1v) is 4.94. The van der Waals surface area contributed by atoms with Gasteiger partial charge in [0.05, 0.1) is 12.5 Å². The highest BCUT2D eigenvalue weighted by atomic mass is 16.4. The molecule has 3 N–H and O–H groups in total. The molecule has 0 aromatic heterocycles. The average molecular weight is 202 g/mol. The van der Waals surface area contributed by atoms with Crippen LogP contribution in [0.5, 0.6) is 0 Å². The lowest BCUT2D eigenvalue weighted by Crippen LogP contribution is -2.40. The van der Waals surface area contributed by atoms with E-state index in [4.69, 9.17) is 5.11 Å². The number of carboxylic acid groups (broad SMARTS) is 1. The van der Waals surface area contributed by atoms with Crippen molar-refractivity contribution in [3.63, 3.8) is 0 Å². The Hall–Kier alpha value is -0.650. The second-order valence-corrected chi connectivity index (χ2v) is 3.80. The number of nitrogens with zero attached hydrogens (tertiary/aromatic N) is 1. The maximum absolute atomic E-state index is 10.5. The van der Waals surface area contributed by atoms with Gasteiger partial charge in [0.1, 0.15) is 0 Å². The molecule has 0 aromatic carbocycles. The van der Waals surface area contributed by atoms with Gasteiger partial charge in [-0.3, -0.25) is 9.69 Å². The van der Waals surface area contributed by atoms with Gasteiger partial charge in [0.15, 0.2) is 0 Å². The Kier molecular flexibility index (Phi) is 4.31. The molecule has 0 saturated carbocycles. The van der Waals surface area contributed by atoms with E-state index in [0.717, 1.165) is 13.1 Å². The van der Waals surface area contributed by atoms with Gasteiger partial charge in [-0.05, 0) is 6.92 Å². The minimum absolute atomic E-state index is 0.0120. The van der Waals surface area contributed by atoms with Crippen molar-refractivity contribution < 1.29 is 15.0 Å². The third-order valence-corrected chi connectivity index (χ3v) is 2.49. The van der Waals surface area contributed by atoms with Crippen molar-refractivity contribution in [3.8, 4) is 0 Å².